The van der Waals surface area contributed by atoms with Gasteiger partial charge in [0.15, 0.2) is 11.0 Å². The van der Waals surface area contributed by atoms with Crippen molar-refractivity contribution in [2.75, 3.05) is 7.11 Å². The molecule has 0 fully saturated rings. The highest BCUT2D eigenvalue weighted by atomic mass is 32.2. The first-order valence-electron chi connectivity index (χ1n) is 7.66. The Bertz CT molecular complexity index is 817. The SMILES string of the molecule is CCn1c(SCc2ccc(F)cc2)nnc1-c1cccc(OC)c1. The number of benzene rings is 2. The lowest BCUT2D eigenvalue weighted by Gasteiger charge is -2.08. The first kappa shape index (κ1) is 16.5. The lowest BCUT2D eigenvalue weighted by molar-refractivity contribution is 0.415. The predicted octanol–water partition coefficient (Wildman–Crippen LogP) is 4.41. The molecule has 0 aliphatic rings. The highest BCUT2D eigenvalue weighted by Crippen LogP contribution is 2.28. The van der Waals surface area contributed by atoms with Gasteiger partial charge in [-0.15, -0.1) is 10.2 Å². The summed E-state index contributed by atoms with van der Waals surface area (Å²) in [7, 11) is 1.65. The predicted molar refractivity (Wildman–Crippen MR) is 93.6 cm³/mol. The Kier molecular flexibility index (Phi) is 5.15. The maximum atomic E-state index is 13.0. The van der Waals surface area contributed by atoms with Crippen molar-refractivity contribution in [2.45, 2.75) is 24.4 Å². The van der Waals surface area contributed by atoms with Gasteiger partial charge in [-0.1, -0.05) is 36.0 Å². The smallest absolute Gasteiger partial charge is 0.191 e. The van der Waals surface area contributed by atoms with Crippen LogP contribution in [0.5, 0.6) is 5.75 Å². The molecule has 0 N–H and O–H groups in total. The first-order valence-corrected chi connectivity index (χ1v) is 8.64. The second-order valence-corrected chi connectivity index (χ2v) is 6.14. The quantitative estimate of drug-likeness (QED) is 0.622. The average Bonchev–Trinajstić information content (AvgIpc) is 3.04. The lowest BCUT2D eigenvalue weighted by atomic mass is 10.2. The summed E-state index contributed by atoms with van der Waals surface area (Å²) in [6, 6.07) is 14.3. The molecule has 1 heterocycles. The molecule has 1 aromatic heterocycles. The molecule has 0 saturated carbocycles. The number of thioether (sulfide) groups is 1. The monoisotopic (exact) mass is 343 g/mol. The topological polar surface area (TPSA) is 39.9 Å². The molecular formula is C18H18FN3OS. The largest absolute Gasteiger partial charge is 0.497 e. The molecule has 0 saturated heterocycles. The summed E-state index contributed by atoms with van der Waals surface area (Å²) in [5.74, 6) is 2.11. The van der Waals surface area contributed by atoms with Crippen LogP contribution in [0.15, 0.2) is 53.7 Å². The minimum atomic E-state index is -0.221. The van der Waals surface area contributed by atoms with Crippen LogP contribution in [0.4, 0.5) is 4.39 Å². The molecular weight excluding hydrogens is 325 g/mol. The van der Waals surface area contributed by atoms with Crippen LogP contribution in [0.25, 0.3) is 11.4 Å². The van der Waals surface area contributed by atoms with E-state index in [-0.39, 0.29) is 5.82 Å². The van der Waals surface area contributed by atoms with Crippen LogP contribution in [0.3, 0.4) is 0 Å². The Morgan fingerprint density at radius 2 is 1.92 bits per heavy atom. The van der Waals surface area contributed by atoms with Crippen molar-refractivity contribution in [3.63, 3.8) is 0 Å². The summed E-state index contributed by atoms with van der Waals surface area (Å²) < 4.78 is 20.3. The van der Waals surface area contributed by atoms with E-state index in [1.807, 2.05) is 24.3 Å². The van der Waals surface area contributed by atoms with Crippen molar-refractivity contribution in [3.8, 4) is 17.1 Å². The van der Waals surface area contributed by atoms with Gasteiger partial charge in [0.05, 0.1) is 7.11 Å². The van der Waals surface area contributed by atoms with Crippen LogP contribution in [-0.4, -0.2) is 21.9 Å². The highest BCUT2D eigenvalue weighted by molar-refractivity contribution is 7.98. The Morgan fingerprint density at radius 1 is 1.12 bits per heavy atom. The zero-order valence-corrected chi connectivity index (χ0v) is 14.4. The molecule has 6 heteroatoms. The van der Waals surface area contributed by atoms with Crippen molar-refractivity contribution in [1.82, 2.24) is 14.8 Å². The fourth-order valence-electron chi connectivity index (χ4n) is 2.38. The van der Waals surface area contributed by atoms with Gasteiger partial charge in [-0.05, 0) is 36.8 Å². The van der Waals surface area contributed by atoms with Gasteiger partial charge >= 0.3 is 0 Å². The Morgan fingerprint density at radius 3 is 2.62 bits per heavy atom. The van der Waals surface area contributed by atoms with Gasteiger partial charge in [0.1, 0.15) is 11.6 Å². The molecule has 0 amide bonds. The molecule has 0 aliphatic carbocycles. The summed E-state index contributed by atoms with van der Waals surface area (Å²) in [4.78, 5) is 0. The zero-order chi connectivity index (χ0) is 16.9. The molecule has 24 heavy (non-hydrogen) atoms. The third-order valence-electron chi connectivity index (χ3n) is 3.64. The molecule has 0 radical (unpaired) electrons. The second-order valence-electron chi connectivity index (χ2n) is 5.20. The maximum Gasteiger partial charge on any atom is 0.191 e. The minimum Gasteiger partial charge on any atom is -0.497 e. The maximum absolute atomic E-state index is 13.0. The molecule has 3 aromatic rings. The van der Waals surface area contributed by atoms with Crippen molar-refractivity contribution in [1.29, 1.82) is 0 Å². The molecule has 124 valence electrons. The number of hydrogen-bond acceptors (Lipinski definition) is 4. The highest BCUT2D eigenvalue weighted by Gasteiger charge is 2.13. The number of ether oxygens (including phenoxy) is 1. The number of rotatable bonds is 6. The average molecular weight is 343 g/mol. The zero-order valence-electron chi connectivity index (χ0n) is 13.6. The van der Waals surface area contributed by atoms with E-state index in [1.165, 1.54) is 12.1 Å². The number of hydrogen-bond donors (Lipinski definition) is 0. The Balaban J connectivity index is 1.82. The van der Waals surface area contributed by atoms with E-state index in [4.69, 9.17) is 4.74 Å². The molecule has 2 aromatic carbocycles. The van der Waals surface area contributed by atoms with Crippen LogP contribution in [0.2, 0.25) is 0 Å². The molecule has 0 unspecified atom stereocenters. The summed E-state index contributed by atoms with van der Waals surface area (Å²) in [6.07, 6.45) is 0. The Hall–Kier alpha value is -2.34. The number of halogens is 1. The molecule has 0 bridgehead atoms. The summed E-state index contributed by atoms with van der Waals surface area (Å²) in [6.45, 7) is 2.83. The molecule has 0 spiro atoms. The van der Waals surface area contributed by atoms with E-state index in [0.29, 0.717) is 0 Å². The second kappa shape index (κ2) is 7.49. The van der Waals surface area contributed by atoms with Crippen molar-refractivity contribution >= 4 is 11.8 Å². The fourth-order valence-corrected chi connectivity index (χ4v) is 3.34. The third-order valence-corrected chi connectivity index (χ3v) is 4.68. The normalized spacial score (nSPS) is 10.8. The third kappa shape index (κ3) is 3.59. The van der Waals surface area contributed by atoms with Gasteiger partial charge in [-0.2, -0.15) is 0 Å². The van der Waals surface area contributed by atoms with Crippen LogP contribution in [0, 0.1) is 5.82 Å². The van der Waals surface area contributed by atoms with Crippen LogP contribution in [0.1, 0.15) is 12.5 Å². The van der Waals surface area contributed by atoms with Gasteiger partial charge in [0.25, 0.3) is 0 Å². The van der Waals surface area contributed by atoms with Crippen LogP contribution < -0.4 is 4.74 Å². The lowest BCUT2D eigenvalue weighted by Crippen LogP contribution is -2.00. The standard InChI is InChI=1S/C18H18FN3OS/c1-3-22-17(14-5-4-6-16(11-14)23-2)20-21-18(22)24-12-13-7-9-15(19)10-8-13/h4-11H,3,12H2,1-2H3. The van der Waals surface area contributed by atoms with E-state index in [9.17, 15) is 4.39 Å². The molecule has 0 atom stereocenters. The van der Waals surface area contributed by atoms with E-state index in [0.717, 1.165) is 40.2 Å². The van der Waals surface area contributed by atoms with Gasteiger partial charge < -0.3 is 9.30 Å². The van der Waals surface area contributed by atoms with Gasteiger partial charge in [0.2, 0.25) is 0 Å². The van der Waals surface area contributed by atoms with Crippen LogP contribution >= 0.6 is 11.8 Å². The Labute approximate surface area is 144 Å². The van der Waals surface area contributed by atoms with Crippen molar-refractivity contribution in [3.05, 3.63) is 59.9 Å². The van der Waals surface area contributed by atoms with E-state index in [2.05, 4.69) is 21.7 Å². The van der Waals surface area contributed by atoms with Gasteiger partial charge in [-0.25, -0.2) is 4.39 Å². The van der Waals surface area contributed by atoms with E-state index >= 15 is 0 Å². The van der Waals surface area contributed by atoms with E-state index < -0.39 is 0 Å². The minimum absolute atomic E-state index is 0.221. The number of methoxy groups -OCH3 is 1. The first-order chi connectivity index (χ1) is 11.7. The van der Waals surface area contributed by atoms with Crippen LogP contribution in [-0.2, 0) is 12.3 Å². The van der Waals surface area contributed by atoms with Gasteiger partial charge in [0, 0.05) is 17.9 Å². The number of nitrogens with zero attached hydrogens (tertiary/aromatic N) is 3. The molecule has 3 rings (SSSR count). The molecule has 4 nitrogen and oxygen atoms in total. The number of aromatic nitrogens is 3. The van der Waals surface area contributed by atoms with E-state index in [1.54, 1.807) is 31.0 Å². The van der Waals surface area contributed by atoms with Gasteiger partial charge in [-0.3, -0.25) is 0 Å². The van der Waals surface area contributed by atoms with Crippen molar-refractivity contribution < 1.29 is 9.13 Å². The van der Waals surface area contributed by atoms with Crippen molar-refractivity contribution in [2.24, 2.45) is 0 Å². The summed E-state index contributed by atoms with van der Waals surface area (Å²) in [5.41, 5.74) is 2.02. The summed E-state index contributed by atoms with van der Waals surface area (Å²) in [5, 5.41) is 9.50. The molecule has 0 aliphatic heterocycles. The summed E-state index contributed by atoms with van der Waals surface area (Å²) >= 11 is 1.59. The fraction of sp³-hybridized carbons (Fsp3) is 0.222.